The Morgan fingerprint density at radius 1 is 1.48 bits per heavy atom. The Labute approximate surface area is 136 Å². The Balaban J connectivity index is 1.98. The zero-order chi connectivity index (χ0) is 16.7. The molecule has 0 radical (unpaired) electrons. The number of rotatable bonds is 7. The molecule has 1 amide bonds. The first kappa shape index (κ1) is 17.3. The molecule has 1 aromatic carbocycles. The van der Waals surface area contributed by atoms with Crippen LogP contribution in [0.4, 0.5) is 15.8 Å². The van der Waals surface area contributed by atoms with Gasteiger partial charge in [0.1, 0.15) is 5.82 Å². The van der Waals surface area contributed by atoms with Gasteiger partial charge in [0, 0.05) is 51.4 Å². The van der Waals surface area contributed by atoms with Gasteiger partial charge in [-0.3, -0.25) is 4.79 Å². The second-order valence-electron chi connectivity index (χ2n) is 5.60. The maximum Gasteiger partial charge on any atom is 0.219 e. The molecule has 0 aromatic heterocycles. The molecule has 6 heteroatoms. The second-order valence-corrected chi connectivity index (χ2v) is 5.60. The minimum atomic E-state index is -0.231. The van der Waals surface area contributed by atoms with E-state index in [0.29, 0.717) is 24.2 Å². The number of halogens is 1. The average molecular weight is 320 g/mol. The average Bonchev–Trinajstić information content (AvgIpc) is 2.59. The molecule has 0 bridgehead atoms. The van der Waals surface area contributed by atoms with E-state index in [9.17, 15) is 9.18 Å². The highest BCUT2D eigenvalue weighted by Gasteiger charge is 2.15. The largest absolute Gasteiger partial charge is 0.379 e. The lowest BCUT2D eigenvalue weighted by Gasteiger charge is -2.30. The van der Waals surface area contributed by atoms with Crippen LogP contribution in [0.2, 0.25) is 0 Å². The third-order valence-electron chi connectivity index (χ3n) is 4.00. The van der Waals surface area contributed by atoms with E-state index in [4.69, 9.17) is 0 Å². The molecule has 1 fully saturated rings. The standard InChI is InChI=1S/C17H25FN4O/c1-3-13(5-7-17(23)19-2)21-14-4-6-16(15(18)12-14)22-10-8-20-9-11-22/h3-4,6,12-13,20-21H,1,5,7-11H2,2H3,(H,19,23). The van der Waals surface area contributed by atoms with E-state index in [0.717, 1.165) is 26.2 Å². The first-order valence-corrected chi connectivity index (χ1v) is 7.99. The van der Waals surface area contributed by atoms with Gasteiger partial charge in [0.25, 0.3) is 0 Å². The quantitative estimate of drug-likeness (QED) is 0.670. The normalized spacial score (nSPS) is 15.8. The van der Waals surface area contributed by atoms with Crippen molar-refractivity contribution in [3.8, 4) is 0 Å². The highest BCUT2D eigenvalue weighted by molar-refractivity contribution is 5.75. The Morgan fingerprint density at radius 3 is 2.83 bits per heavy atom. The van der Waals surface area contributed by atoms with Gasteiger partial charge in [-0.15, -0.1) is 6.58 Å². The lowest BCUT2D eigenvalue weighted by Crippen LogP contribution is -2.43. The molecular weight excluding hydrogens is 295 g/mol. The van der Waals surface area contributed by atoms with Crippen LogP contribution in [0.3, 0.4) is 0 Å². The number of amides is 1. The molecule has 0 aliphatic carbocycles. The van der Waals surface area contributed by atoms with Crippen molar-refractivity contribution in [3.63, 3.8) is 0 Å². The van der Waals surface area contributed by atoms with Gasteiger partial charge in [-0.05, 0) is 24.6 Å². The molecule has 1 aromatic rings. The van der Waals surface area contributed by atoms with E-state index in [1.807, 2.05) is 17.0 Å². The Kier molecular flexibility index (Phi) is 6.40. The number of piperazine rings is 1. The van der Waals surface area contributed by atoms with Gasteiger partial charge in [-0.2, -0.15) is 0 Å². The molecule has 126 valence electrons. The summed E-state index contributed by atoms with van der Waals surface area (Å²) in [5.41, 5.74) is 1.33. The van der Waals surface area contributed by atoms with E-state index >= 15 is 0 Å². The summed E-state index contributed by atoms with van der Waals surface area (Å²) in [6.07, 6.45) is 2.76. The number of hydrogen-bond donors (Lipinski definition) is 3. The monoisotopic (exact) mass is 320 g/mol. The van der Waals surface area contributed by atoms with Crippen LogP contribution in [-0.2, 0) is 4.79 Å². The number of nitrogens with one attached hydrogen (secondary N) is 3. The number of nitrogens with zero attached hydrogens (tertiary/aromatic N) is 1. The summed E-state index contributed by atoms with van der Waals surface area (Å²) >= 11 is 0. The molecule has 1 unspecified atom stereocenters. The zero-order valence-corrected chi connectivity index (χ0v) is 13.6. The van der Waals surface area contributed by atoms with E-state index < -0.39 is 0 Å². The SMILES string of the molecule is C=CC(CCC(=O)NC)Nc1ccc(N2CCNCC2)c(F)c1. The number of carbonyl (C=O) groups is 1. The minimum Gasteiger partial charge on any atom is -0.379 e. The van der Waals surface area contributed by atoms with Crippen molar-refractivity contribution >= 4 is 17.3 Å². The van der Waals surface area contributed by atoms with Gasteiger partial charge >= 0.3 is 0 Å². The van der Waals surface area contributed by atoms with Crippen LogP contribution in [0.1, 0.15) is 12.8 Å². The molecule has 5 nitrogen and oxygen atoms in total. The summed E-state index contributed by atoms with van der Waals surface area (Å²) in [6, 6.07) is 5.11. The van der Waals surface area contributed by atoms with Crippen molar-refractivity contribution in [1.29, 1.82) is 0 Å². The molecule has 1 saturated heterocycles. The Hall–Kier alpha value is -2.08. The van der Waals surface area contributed by atoms with Gasteiger partial charge in [0.15, 0.2) is 0 Å². The van der Waals surface area contributed by atoms with Gasteiger partial charge in [-0.25, -0.2) is 4.39 Å². The van der Waals surface area contributed by atoms with Crippen LogP contribution in [0.15, 0.2) is 30.9 Å². The van der Waals surface area contributed by atoms with E-state index in [-0.39, 0.29) is 17.8 Å². The van der Waals surface area contributed by atoms with Crippen LogP contribution < -0.4 is 20.9 Å². The predicted octanol–water partition coefficient (Wildman–Crippen LogP) is 1.73. The van der Waals surface area contributed by atoms with Crippen LogP contribution in [0.25, 0.3) is 0 Å². The van der Waals surface area contributed by atoms with Crippen LogP contribution in [0, 0.1) is 5.82 Å². The minimum absolute atomic E-state index is 0.0149. The fourth-order valence-electron chi connectivity index (χ4n) is 2.63. The smallest absolute Gasteiger partial charge is 0.219 e. The van der Waals surface area contributed by atoms with Crippen LogP contribution in [-0.4, -0.2) is 45.2 Å². The fraction of sp³-hybridized carbons (Fsp3) is 0.471. The van der Waals surface area contributed by atoms with E-state index in [1.165, 1.54) is 6.07 Å². The van der Waals surface area contributed by atoms with Crippen molar-refractivity contribution < 1.29 is 9.18 Å². The molecule has 0 saturated carbocycles. The number of hydrogen-bond acceptors (Lipinski definition) is 4. The lowest BCUT2D eigenvalue weighted by atomic mass is 10.1. The van der Waals surface area contributed by atoms with Crippen molar-refractivity contribution in [2.75, 3.05) is 43.4 Å². The van der Waals surface area contributed by atoms with Crippen LogP contribution >= 0.6 is 0 Å². The summed E-state index contributed by atoms with van der Waals surface area (Å²) in [5, 5.41) is 9.06. The number of benzene rings is 1. The lowest BCUT2D eigenvalue weighted by molar-refractivity contribution is -0.120. The Morgan fingerprint density at radius 2 is 2.22 bits per heavy atom. The molecule has 3 N–H and O–H groups in total. The van der Waals surface area contributed by atoms with Gasteiger partial charge in [0.2, 0.25) is 5.91 Å². The van der Waals surface area contributed by atoms with E-state index in [2.05, 4.69) is 22.5 Å². The fourth-order valence-corrected chi connectivity index (χ4v) is 2.63. The Bertz CT molecular complexity index is 543. The topological polar surface area (TPSA) is 56.4 Å². The van der Waals surface area contributed by atoms with E-state index in [1.54, 1.807) is 13.1 Å². The summed E-state index contributed by atoms with van der Waals surface area (Å²) in [5.74, 6) is -0.245. The maximum absolute atomic E-state index is 14.4. The van der Waals surface area contributed by atoms with Crippen molar-refractivity contribution in [3.05, 3.63) is 36.7 Å². The van der Waals surface area contributed by atoms with Crippen molar-refractivity contribution in [2.45, 2.75) is 18.9 Å². The molecule has 1 heterocycles. The van der Waals surface area contributed by atoms with Gasteiger partial charge < -0.3 is 20.9 Å². The summed E-state index contributed by atoms with van der Waals surface area (Å²) in [7, 11) is 1.61. The second kappa shape index (κ2) is 8.53. The summed E-state index contributed by atoms with van der Waals surface area (Å²) in [6.45, 7) is 7.14. The molecule has 1 aliphatic rings. The van der Waals surface area contributed by atoms with Gasteiger partial charge in [-0.1, -0.05) is 6.08 Å². The highest BCUT2D eigenvalue weighted by atomic mass is 19.1. The van der Waals surface area contributed by atoms with Crippen LogP contribution in [0.5, 0.6) is 0 Å². The summed E-state index contributed by atoms with van der Waals surface area (Å²) < 4.78 is 14.4. The molecule has 0 spiro atoms. The van der Waals surface area contributed by atoms with Crippen molar-refractivity contribution in [1.82, 2.24) is 10.6 Å². The third kappa shape index (κ3) is 4.96. The molecule has 1 atom stereocenters. The molecule has 23 heavy (non-hydrogen) atoms. The summed E-state index contributed by atoms with van der Waals surface area (Å²) in [4.78, 5) is 13.4. The molecule has 1 aliphatic heterocycles. The van der Waals surface area contributed by atoms with Gasteiger partial charge in [0.05, 0.1) is 5.69 Å². The first-order chi connectivity index (χ1) is 11.1. The molecule has 2 rings (SSSR count). The number of carbonyl (C=O) groups excluding carboxylic acids is 1. The molecular formula is C17H25FN4O. The zero-order valence-electron chi connectivity index (χ0n) is 13.6. The maximum atomic E-state index is 14.4. The predicted molar refractivity (Wildman–Crippen MR) is 92.4 cm³/mol. The van der Waals surface area contributed by atoms with Crippen molar-refractivity contribution in [2.24, 2.45) is 0 Å². The number of anilines is 2. The highest BCUT2D eigenvalue weighted by Crippen LogP contribution is 2.24. The third-order valence-corrected chi connectivity index (χ3v) is 4.00. The first-order valence-electron chi connectivity index (χ1n) is 7.99.